The molecule has 0 radical (unpaired) electrons. The first-order valence-corrected chi connectivity index (χ1v) is 12.0. The first-order valence-electron chi connectivity index (χ1n) is 11.6. The summed E-state index contributed by atoms with van der Waals surface area (Å²) in [6.45, 7) is 0.373. The van der Waals surface area contributed by atoms with Crippen LogP contribution in [0.1, 0.15) is 35.3 Å². The average Bonchev–Trinajstić information content (AvgIpc) is 2.88. The van der Waals surface area contributed by atoms with Crippen molar-refractivity contribution in [3.05, 3.63) is 107 Å². The lowest BCUT2D eigenvalue weighted by molar-refractivity contribution is -0.137. The molecule has 0 unspecified atom stereocenters. The van der Waals surface area contributed by atoms with Crippen LogP contribution >= 0.6 is 11.6 Å². The zero-order chi connectivity index (χ0) is 26.4. The Bertz CT molecular complexity index is 1420. The number of carbonyl (C=O) groups is 2. The van der Waals surface area contributed by atoms with Crippen molar-refractivity contribution in [2.75, 3.05) is 5.32 Å². The Labute approximate surface area is 217 Å². The number of nitrogens with one attached hydrogen (secondary N) is 1. The first-order chi connectivity index (χ1) is 17.8. The van der Waals surface area contributed by atoms with Crippen LogP contribution in [-0.4, -0.2) is 21.8 Å². The summed E-state index contributed by atoms with van der Waals surface area (Å²) in [5.74, 6) is -1.97. The number of halogens is 3. The van der Waals surface area contributed by atoms with Gasteiger partial charge in [0.15, 0.2) is 5.78 Å². The third kappa shape index (κ3) is 6.77. The van der Waals surface area contributed by atoms with Crippen LogP contribution in [0.5, 0.6) is 0 Å². The maximum absolute atomic E-state index is 14.8. The molecule has 0 aliphatic heterocycles. The summed E-state index contributed by atoms with van der Waals surface area (Å²) in [5.41, 5.74) is 4.25. The molecule has 0 aliphatic carbocycles. The predicted molar refractivity (Wildman–Crippen MR) is 140 cm³/mol. The Morgan fingerprint density at radius 3 is 2.30 bits per heavy atom. The Kier molecular flexibility index (Phi) is 8.25. The molecule has 2 N–H and O–H groups in total. The number of benzene rings is 3. The molecule has 1 aromatic heterocycles. The lowest BCUT2D eigenvalue weighted by Gasteiger charge is -2.13. The highest BCUT2D eigenvalue weighted by Gasteiger charge is 2.12. The van der Waals surface area contributed by atoms with Gasteiger partial charge in [0.2, 0.25) is 0 Å². The monoisotopic (exact) mass is 520 g/mol. The van der Waals surface area contributed by atoms with E-state index in [-0.39, 0.29) is 36.6 Å². The highest BCUT2D eigenvalue weighted by Crippen LogP contribution is 2.29. The van der Waals surface area contributed by atoms with Crippen LogP contribution in [0.25, 0.3) is 22.3 Å². The number of nitrogens with zero attached hydrogens (tertiary/aromatic N) is 1. The summed E-state index contributed by atoms with van der Waals surface area (Å²) >= 11 is 6.24. The zero-order valence-corrected chi connectivity index (χ0v) is 20.4. The molecule has 0 spiro atoms. The van der Waals surface area contributed by atoms with E-state index in [9.17, 15) is 18.4 Å². The maximum Gasteiger partial charge on any atom is 0.303 e. The molecule has 8 heteroatoms. The molecule has 0 saturated heterocycles. The van der Waals surface area contributed by atoms with E-state index in [0.717, 1.165) is 16.7 Å². The molecular formula is C29H23ClF2N2O3. The van der Waals surface area contributed by atoms with E-state index in [0.29, 0.717) is 28.4 Å². The van der Waals surface area contributed by atoms with Gasteiger partial charge in [0.05, 0.1) is 0 Å². The van der Waals surface area contributed by atoms with Crippen molar-refractivity contribution >= 4 is 29.0 Å². The molecule has 0 saturated carbocycles. The Morgan fingerprint density at radius 1 is 0.865 bits per heavy atom. The van der Waals surface area contributed by atoms with Gasteiger partial charge in [-0.25, -0.2) is 8.78 Å². The molecule has 0 amide bonds. The van der Waals surface area contributed by atoms with Crippen molar-refractivity contribution in [3.8, 4) is 22.3 Å². The van der Waals surface area contributed by atoms with E-state index in [2.05, 4.69) is 10.3 Å². The van der Waals surface area contributed by atoms with Crippen molar-refractivity contribution in [1.82, 2.24) is 4.98 Å². The van der Waals surface area contributed by atoms with E-state index in [1.165, 1.54) is 30.3 Å². The van der Waals surface area contributed by atoms with Crippen LogP contribution < -0.4 is 5.32 Å². The van der Waals surface area contributed by atoms with Crippen molar-refractivity contribution in [1.29, 1.82) is 0 Å². The molecule has 37 heavy (non-hydrogen) atoms. The summed E-state index contributed by atoms with van der Waals surface area (Å²) in [6, 6.07) is 19.2. The second-order valence-electron chi connectivity index (χ2n) is 8.46. The van der Waals surface area contributed by atoms with E-state index in [1.54, 1.807) is 42.6 Å². The number of rotatable bonds is 10. The third-order valence-corrected chi connectivity index (χ3v) is 6.07. The lowest BCUT2D eigenvalue weighted by atomic mass is 10.00. The van der Waals surface area contributed by atoms with Gasteiger partial charge in [-0.05, 0) is 71.6 Å². The minimum absolute atomic E-state index is 0.0679. The van der Waals surface area contributed by atoms with E-state index in [1.807, 2.05) is 6.07 Å². The number of Topliss-reactive ketones (excluding diaryl/α,β-unsaturated/α-hetero) is 1. The Hall–Kier alpha value is -4.10. The number of carbonyl (C=O) groups excluding carboxylic acids is 1. The molecule has 0 aliphatic rings. The highest BCUT2D eigenvalue weighted by atomic mass is 35.5. The van der Waals surface area contributed by atoms with Crippen LogP contribution in [0.15, 0.2) is 79.0 Å². The fourth-order valence-electron chi connectivity index (χ4n) is 3.90. The van der Waals surface area contributed by atoms with Crippen molar-refractivity contribution < 1.29 is 23.5 Å². The van der Waals surface area contributed by atoms with Crippen LogP contribution in [-0.2, 0) is 11.3 Å². The Balaban J connectivity index is 1.48. The van der Waals surface area contributed by atoms with E-state index >= 15 is 0 Å². The normalized spacial score (nSPS) is 10.8. The van der Waals surface area contributed by atoms with Crippen molar-refractivity contribution in [2.24, 2.45) is 0 Å². The van der Waals surface area contributed by atoms with Crippen LogP contribution in [0.4, 0.5) is 14.5 Å². The topological polar surface area (TPSA) is 79.3 Å². The number of aromatic nitrogens is 1. The molecule has 4 aromatic rings. The van der Waals surface area contributed by atoms with Gasteiger partial charge < -0.3 is 10.4 Å². The van der Waals surface area contributed by atoms with Crippen LogP contribution in [0.2, 0.25) is 5.02 Å². The quantitative estimate of drug-likeness (QED) is 0.213. The number of carboxylic acids is 1. The van der Waals surface area contributed by atoms with Crippen LogP contribution in [0.3, 0.4) is 0 Å². The second-order valence-corrected chi connectivity index (χ2v) is 8.90. The fourth-order valence-corrected chi connectivity index (χ4v) is 4.08. The molecule has 0 atom stereocenters. The van der Waals surface area contributed by atoms with E-state index in [4.69, 9.17) is 16.7 Å². The predicted octanol–water partition coefficient (Wildman–Crippen LogP) is 7.40. The smallest absolute Gasteiger partial charge is 0.303 e. The van der Waals surface area contributed by atoms with Crippen molar-refractivity contribution in [2.45, 2.75) is 25.8 Å². The maximum atomic E-state index is 14.8. The third-order valence-electron chi connectivity index (χ3n) is 5.83. The largest absolute Gasteiger partial charge is 0.481 e. The molecule has 1 heterocycles. The Morgan fingerprint density at radius 2 is 1.62 bits per heavy atom. The molecule has 0 fully saturated rings. The highest BCUT2D eigenvalue weighted by molar-refractivity contribution is 6.30. The number of aliphatic carboxylic acids is 1. The van der Waals surface area contributed by atoms with Gasteiger partial charge in [-0.3, -0.25) is 14.6 Å². The summed E-state index contributed by atoms with van der Waals surface area (Å²) in [4.78, 5) is 27.2. The van der Waals surface area contributed by atoms with Gasteiger partial charge in [-0.1, -0.05) is 35.9 Å². The molecule has 0 bridgehead atoms. The number of pyridine rings is 1. The number of hydrogen-bond donors (Lipinski definition) is 2. The summed E-state index contributed by atoms with van der Waals surface area (Å²) in [6.07, 6.45) is 1.88. The van der Waals surface area contributed by atoms with Crippen molar-refractivity contribution in [3.63, 3.8) is 0 Å². The zero-order valence-electron chi connectivity index (χ0n) is 19.7. The SMILES string of the molecule is O=C(O)CCCC(=O)c1ccc(-c2cc(Cl)ccc2CNc2ccc(-c3ccc(F)cc3)c(F)c2)cn1. The number of anilines is 1. The number of ketones is 1. The van der Waals surface area contributed by atoms with Gasteiger partial charge >= 0.3 is 5.97 Å². The molecular weight excluding hydrogens is 498 g/mol. The van der Waals surface area contributed by atoms with Gasteiger partial charge in [-0.2, -0.15) is 0 Å². The summed E-state index contributed by atoms with van der Waals surface area (Å²) < 4.78 is 27.9. The lowest BCUT2D eigenvalue weighted by Crippen LogP contribution is -2.05. The van der Waals surface area contributed by atoms with Gasteiger partial charge in [-0.15, -0.1) is 0 Å². The fraction of sp³-hybridized carbons (Fsp3) is 0.138. The van der Waals surface area contributed by atoms with Gasteiger partial charge in [0.25, 0.3) is 0 Å². The summed E-state index contributed by atoms with van der Waals surface area (Å²) in [7, 11) is 0. The van der Waals surface area contributed by atoms with Gasteiger partial charge in [0.1, 0.15) is 17.3 Å². The molecule has 188 valence electrons. The number of carboxylic acid groups (broad SMARTS) is 1. The first kappa shape index (κ1) is 26.0. The van der Waals surface area contributed by atoms with Crippen LogP contribution in [0, 0.1) is 11.6 Å². The molecule has 3 aromatic carbocycles. The average molecular weight is 521 g/mol. The number of hydrogen-bond acceptors (Lipinski definition) is 4. The molecule has 5 nitrogen and oxygen atoms in total. The minimum atomic E-state index is -0.940. The van der Waals surface area contributed by atoms with E-state index < -0.39 is 11.8 Å². The van der Waals surface area contributed by atoms with Gasteiger partial charge in [0, 0.05) is 47.4 Å². The molecule has 4 rings (SSSR count). The minimum Gasteiger partial charge on any atom is -0.481 e. The summed E-state index contributed by atoms with van der Waals surface area (Å²) in [5, 5.41) is 12.5. The second kappa shape index (κ2) is 11.8. The standard InChI is InChI=1S/C29H23ClF2N2O3/c30-21-8-4-19(16-33-23-11-12-24(26(32)15-23)18-5-9-22(31)10-6-18)25(14-21)20-7-13-27(34-17-20)28(35)2-1-3-29(36)37/h4-15,17,33H,1-3,16H2,(H,36,37).